The molecule has 156 valence electrons. The Bertz CT molecular complexity index is 639. The number of β-amino-alcohol motifs (C(OH)–C–C–N with tert-alkyl or cyclic N) is 1. The fourth-order valence-corrected chi connectivity index (χ4v) is 5.39. The van der Waals surface area contributed by atoms with Gasteiger partial charge in [-0.2, -0.15) is 0 Å². The van der Waals surface area contributed by atoms with Crippen molar-refractivity contribution in [3.63, 3.8) is 0 Å². The molecule has 0 bridgehead atoms. The lowest BCUT2D eigenvalue weighted by molar-refractivity contribution is 0.0746. The molecule has 28 heavy (non-hydrogen) atoms. The molecule has 1 aromatic rings. The van der Waals surface area contributed by atoms with Gasteiger partial charge in [0.2, 0.25) is 0 Å². The van der Waals surface area contributed by atoms with Crippen LogP contribution in [0.5, 0.6) is 11.5 Å². The Labute approximate surface area is 169 Å². The molecule has 1 spiro atoms. The highest BCUT2D eigenvalue weighted by atomic mass is 16.5. The molecule has 1 N–H and O–H groups in total. The highest BCUT2D eigenvalue weighted by molar-refractivity contribution is 5.43. The van der Waals surface area contributed by atoms with Crippen LogP contribution in [0, 0.1) is 5.41 Å². The van der Waals surface area contributed by atoms with E-state index >= 15 is 0 Å². The Kier molecular flexibility index (Phi) is 6.44. The molecule has 0 aromatic heterocycles. The summed E-state index contributed by atoms with van der Waals surface area (Å²) in [6.45, 7) is 6.60. The first kappa shape index (κ1) is 20.0. The Morgan fingerprint density at radius 1 is 1.00 bits per heavy atom. The van der Waals surface area contributed by atoms with Gasteiger partial charge in [-0.1, -0.05) is 18.9 Å². The van der Waals surface area contributed by atoms with E-state index in [4.69, 9.17) is 9.47 Å². The number of aliphatic hydroxyl groups excluding tert-OH is 1. The van der Waals surface area contributed by atoms with Gasteiger partial charge >= 0.3 is 0 Å². The van der Waals surface area contributed by atoms with E-state index in [1.807, 2.05) is 6.07 Å². The number of rotatable bonds is 8. The van der Waals surface area contributed by atoms with E-state index in [-0.39, 0.29) is 0 Å². The number of hydrogen-bond donors (Lipinski definition) is 1. The quantitative estimate of drug-likeness (QED) is 0.740. The van der Waals surface area contributed by atoms with Gasteiger partial charge in [0, 0.05) is 19.6 Å². The van der Waals surface area contributed by atoms with E-state index in [0.717, 1.165) is 31.1 Å². The molecule has 1 aromatic carbocycles. The van der Waals surface area contributed by atoms with Crippen molar-refractivity contribution in [1.82, 2.24) is 9.80 Å². The fourth-order valence-electron chi connectivity index (χ4n) is 5.39. The van der Waals surface area contributed by atoms with Crippen molar-refractivity contribution < 1.29 is 14.6 Å². The van der Waals surface area contributed by atoms with Crippen LogP contribution < -0.4 is 9.47 Å². The molecule has 4 rings (SSSR count). The van der Waals surface area contributed by atoms with Gasteiger partial charge in [-0.05, 0) is 74.8 Å². The third kappa shape index (κ3) is 4.81. The molecule has 5 nitrogen and oxygen atoms in total. The highest BCUT2D eigenvalue weighted by Crippen LogP contribution is 2.45. The molecular formula is C23H36N2O3. The van der Waals surface area contributed by atoms with Gasteiger partial charge in [-0.25, -0.2) is 0 Å². The van der Waals surface area contributed by atoms with Crippen molar-refractivity contribution in [2.24, 2.45) is 5.41 Å². The average molecular weight is 389 g/mol. The molecule has 0 amide bonds. The average Bonchev–Trinajstić information content (AvgIpc) is 3.45. The second-order valence-corrected chi connectivity index (χ2v) is 9.13. The maximum atomic E-state index is 10.3. The van der Waals surface area contributed by atoms with Gasteiger partial charge in [0.05, 0.1) is 7.11 Å². The van der Waals surface area contributed by atoms with E-state index in [1.165, 1.54) is 63.6 Å². The Balaban J connectivity index is 1.33. The van der Waals surface area contributed by atoms with E-state index in [0.29, 0.717) is 18.6 Å². The van der Waals surface area contributed by atoms with Crippen LogP contribution in [0.25, 0.3) is 0 Å². The van der Waals surface area contributed by atoms with Crippen molar-refractivity contribution >= 4 is 0 Å². The lowest BCUT2D eigenvalue weighted by Crippen LogP contribution is -2.33. The molecule has 2 saturated heterocycles. The number of nitrogens with zero attached hydrogens (tertiary/aromatic N) is 2. The predicted octanol–water partition coefficient (Wildman–Crippen LogP) is 3.30. The first-order chi connectivity index (χ1) is 13.7. The summed E-state index contributed by atoms with van der Waals surface area (Å²) in [5.41, 5.74) is 1.87. The van der Waals surface area contributed by atoms with Gasteiger partial charge in [-0.3, -0.25) is 4.90 Å². The molecule has 2 aliphatic heterocycles. The summed E-state index contributed by atoms with van der Waals surface area (Å²) in [4.78, 5) is 4.91. The van der Waals surface area contributed by atoms with Crippen molar-refractivity contribution in [2.75, 3.05) is 46.4 Å². The molecular weight excluding hydrogens is 352 g/mol. The summed E-state index contributed by atoms with van der Waals surface area (Å²) in [6, 6.07) is 6.24. The van der Waals surface area contributed by atoms with E-state index in [1.54, 1.807) is 7.11 Å². The molecule has 2 heterocycles. The molecule has 1 atom stereocenters. The second-order valence-electron chi connectivity index (χ2n) is 9.13. The van der Waals surface area contributed by atoms with E-state index < -0.39 is 6.10 Å². The largest absolute Gasteiger partial charge is 0.493 e. The van der Waals surface area contributed by atoms with E-state index in [2.05, 4.69) is 21.9 Å². The zero-order chi connectivity index (χ0) is 19.4. The van der Waals surface area contributed by atoms with Crippen molar-refractivity contribution in [2.45, 2.75) is 57.6 Å². The Morgan fingerprint density at radius 2 is 1.79 bits per heavy atom. The third-order valence-electron chi connectivity index (χ3n) is 6.91. The van der Waals surface area contributed by atoms with Crippen LogP contribution in [-0.2, 0) is 6.54 Å². The summed E-state index contributed by atoms with van der Waals surface area (Å²) < 4.78 is 11.5. The first-order valence-electron chi connectivity index (χ1n) is 11.1. The second kappa shape index (κ2) is 9.02. The van der Waals surface area contributed by atoms with Crippen LogP contribution in [0.4, 0.5) is 0 Å². The number of likely N-dealkylation sites (tertiary alicyclic amines) is 2. The van der Waals surface area contributed by atoms with Gasteiger partial charge < -0.3 is 19.5 Å². The molecule has 5 heteroatoms. The smallest absolute Gasteiger partial charge is 0.161 e. The van der Waals surface area contributed by atoms with E-state index in [9.17, 15) is 5.11 Å². The highest BCUT2D eigenvalue weighted by Gasteiger charge is 2.39. The summed E-state index contributed by atoms with van der Waals surface area (Å²) >= 11 is 0. The summed E-state index contributed by atoms with van der Waals surface area (Å²) in [6.07, 6.45) is 9.01. The molecule has 3 aliphatic rings. The number of benzene rings is 1. The van der Waals surface area contributed by atoms with Gasteiger partial charge in [0.1, 0.15) is 12.7 Å². The first-order valence-corrected chi connectivity index (χ1v) is 11.1. The number of hydrogen-bond acceptors (Lipinski definition) is 5. The SMILES string of the molecule is COc1ccc(CN2CCC3(CCCC3)C2)cc1OC[C@@H](O)CN1CCCC1. The van der Waals surface area contributed by atoms with Crippen LogP contribution in [0.2, 0.25) is 0 Å². The number of aliphatic hydroxyl groups is 1. The molecule has 3 fully saturated rings. The number of ether oxygens (including phenoxy) is 2. The lowest BCUT2D eigenvalue weighted by atomic mass is 9.86. The molecule has 1 saturated carbocycles. The van der Waals surface area contributed by atoms with Crippen LogP contribution in [-0.4, -0.2) is 67.5 Å². The summed E-state index contributed by atoms with van der Waals surface area (Å²) in [7, 11) is 1.67. The zero-order valence-electron chi connectivity index (χ0n) is 17.4. The minimum absolute atomic E-state index is 0.309. The van der Waals surface area contributed by atoms with Crippen LogP contribution >= 0.6 is 0 Å². The van der Waals surface area contributed by atoms with Crippen molar-refractivity contribution in [1.29, 1.82) is 0 Å². The summed E-state index contributed by atoms with van der Waals surface area (Å²) in [5.74, 6) is 1.49. The molecule has 1 aliphatic carbocycles. The predicted molar refractivity (Wildman–Crippen MR) is 111 cm³/mol. The monoisotopic (exact) mass is 388 g/mol. The van der Waals surface area contributed by atoms with Crippen molar-refractivity contribution in [3.05, 3.63) is 23.8 Å². The van der Waals surface area contributed by atoms with Gasteiger partial charge in [0.15, 0.2) is 11.5 Å². The fraction of sp³-hybridized carbons (Fsp3) is 0.739. The summed E-state index contributed by atoms with van der Waals surface area (Å²) in [5, 5.41) is 10.3. The maximum absolute atomic E-state index is 10.3. The third-order valence-corrected chi connectivity index (χ3v) is 6.91. The zero-order valence-corrected chi connectivity index (χ0v) is 17.4. The topological polar surface area (TPSA) is 45.2 Å². The normalized spacial score (nSPS) is 23.5. The van der Waals surface area contributed by atoms with Gasteiger partial charge in [-0.15, -0.1) is 0 Å². The van der Waals surface area contributed by atoms with Crippen LogP contribution in [0.3, 0.4) is 0 Å². The van der Waals surface area contributed by atoms with Crippen LogP contribution in [0.1, 0.15) is 50.5 Å². The maximum Gasteiger partial charge on any atom is 0.161 e. The Hall–Kier alpha value is -1.30. The molecule has 0 radical (unpaired) electrons. The number of methoxy groups -OCH3 is 1. The molecule has 0 unspecified atom stereocenters. The van der Waals surface area contributed by atoms with Crippen molar-refractivity contribution in [3.8, 4) is 11.5 Å². The minimum Gasteiger partial charge on any atom is -0.493 e. The standard InChI is InChI=1S/C23H36N2O3/c1-27-21-7-6-19(15-25-13-10-23(18-25)8-2-3-9-23)14-22(21)28-17-20(26)16-24-11-4-5-12-24/h6-7,14,20,26H,2-5,8-13,15-18H2,1H3/t20-/m0/s1. The lowest BCUT2D eigenvalue weighted by Gasteiger charge is -2.24. The van der Waals surface area contributed by atoms with Gasteiger partial charge in [0.25, 0.3) is 0 Å². The Morgan fingerprint density at radius 3 is 2.54 bits per heavy atom. The minimum atomic E-state index is -0.465. The van der Waals surface area contributed by atoms with Crippen LogP contribution in [0.15, 0.2) is 18.2 Å².